The minimum Gasteiger partial charge on any atom is -0.478 e. The van der Waals surface area contributed by atoms with E-state index in [0.29, 0.717) is 26.2 Å². The van der Waals surface area contributed by atoms with Crippen molar-refractivity contribution >= 4 is 16.2 Å². The molecular weight excluding hydrogens is 328 g/mol. The summed E-state index contributed by atoms with van der Waals surface area (Å²) in [6.07, 6.45) is 4.74. The van der Waals surface area contributed by atoms with Crippen LogP contribution in [0.3, 0.4) is 0 Å². The maximum atomic E-state index is 12.8. The Morgan fingerprint density at radius 1 is 0.958 bits per heavy atom. The van der Waals surface area contributed by atoms with Crippen LogP contribution in [0.5, 0.6) is 0 Å². The van der Waals surface area contributed by atoms with Crippen LogP contribution in [0.1, 0.15) is 53.9 Å². The second-order valence-corrected chi connectivity index (χ2v) is 8.52. The summed E-state index contributed by atoms with van der Waals surface area (Å²) < 4.78 is 28.9. The van der Waals surface area contributed by atoms with Gasteiger partial charge in [-0.25, -0.2) is 4.79 Å². The number of piperidine rings is 2. The van der Waals surface area contributed by atoms with Crippen LogP contribution in [0.25, 0.3) is 0 Å². The predicted molar refractivity (Wildman–Crippen MR) is 91.3 cm³/mol. The maximum Gasteiger partial charge on any atom is 0.335 e. The van der Waals surface area contributed by atoms with Crippen molar-refractivity contribution < 1.29 is 18.3 Å². The highest BCUT2D eigenvalue weighted by Gasteiger charge is 2.34. The molecule has 0 aliphatic carbocycles. The molecule has 1 atom stereocenters. The van der Waals surface area contributed by atoms with E-state index < -0.39 is 16.2 Å². The molecule has 2 fully saturated rings. The van der Waals surface area contributed by atoms with Gasteiger partial charge in [-0.15, -0.1) is 0 Å². The van der Waals surface area contributed by atoms with Crippen LogP contribution >= 0.6 is 0 Å². The van der Waals surface area contributed by atoms with Crippen molar-refractivity contribution in [1.29, 1.82) is 0 Å². The molecule has 7 heteroatoms. The van der Waals surface area contributed by atoms with E-state index in [1.807, 2.05) is 12.1 Å². The molecule has 2 saturated heterocycles. The monoisotopic (exact) mass is 352 g/mol. The molecule has 3 rings (SSSR count). The molecule has 0 unspecified atom stereocenters. The van der Waals surface area contributed by atoms with Gasteiger partial charge in [-0.2, -0.15) is 17.0 Å². The lowest BCUT2D eigenvalue weighted by Crippen LogP contribution is -2.49. The molecule has 2 aliphatic heterocycles. The summed E-state index contributed by atoms with van der Waals surface area (Å²) in [5.74, 6) is -0.819. The summed E-state index contributed by atoms with van der Waals surface area (Å²) in [4.78, 5) is 11.0. The molecule has 0 spiro atoms. The first-order valence-corrected chi connectivity index (χ1v) is 9.96. The van der Waals surface area contributed by atoms with Gasteiger partial charge in [-0.05, 0) is 49.3 Å². The topological polar surface area (TPSA) is 77.9 Å². The summed E-state index contributed by atoms with van der Waals surface area (Å²) in [6.45, 7) is 2.29. The standard InChI is InChI=1S/C17H24N2O4S/c20-17(21)15-8-6-14(7-9-15)16-5-4-12-19(13-16)24(22,23)18-10-2-1-3-11-18/h6-9,16H,1-5,10-13H2,(H,20,21)/t16-/m1/s1. The van der Waals surface area contributed by atoms with Crippen LogP contribution in [-0.4, -0.2) is 54.3 Å². The highest BCUT2D eigenvalue weighted by molar-refractivity contribution is 7.86. The molecule has 1 aromatic carbocycles. The first-order valence-electron chi connectivity index (χ1n) is 8.57. The first kappa shape index (κ1) is 17.4. The van der Waals surface area contributed by atoms with Crippen LogP contribution in [0.2, 0.25) is 0 Å². The zero-order valence-electron chi connectivity index (χ0n) is 13.7. The van der Waals surface area contributed by atoms with Crippen molar-refractivity contribution in [3.63, 3.8) is 0 Å². The van der Waals surface area contributed by atoms with Gasteiger partial charge in [0.05, 0.1) is 5.56 Å². The Kier molecular flexibility index (Phi) is 5.22. The highest BCUT2D eigenvalue weighted by atomic mass is 32.2. The highest BCUT2D eigenvalue weighted by Crippen LogP contribution is 2.30. The van der Waals surface area contributed by atoms with Gasteiger partial charge in [0.15, 0.2) is 0 Å². The predicted octanol–water partition coefficient (Wildman–Crippen LogP) is 2.29. The molecule has 0 bridgehead atoms. The van der Waals surface area contributed by atoms with Crippen molar-refractivity contribution in [3.05, 3.63) is 35.4 Å². The van der Waals surface area contributed by atoms with Crippen molar-refractivity contribution in [1.82, 2.24) is 8.61 Å². The Bertz CT molecular complexity index is 681. The third kappa shape index (κ3) is 3.63. The van der Waals surface area contributed by atoms with Crippen LogP contribution in [0, 0.1) is 0 Å². The normalized spacial score (nSPS) is 23.9. The lowest BCUT2D eigenvalue weighted by atomic mass is 9.91. The van der Waals surface area contributed by atoms with Crippen molar-refractivity contribution in [2.45, 2.75) is 38.0 Å². The number of carboxylic acids is 1. The Morgan fingerprint density at radius 2 is 1.58 bits per heavy atom. The average Bonchev–Trinajstić information content (AvgIpc) is 2.62. The van der Waals surface area contributed by atoms with E-state index in [1.54, 1.807) is 20.7 Å². The van der Waals surface area contributed by atoms with E-state index >= 15 is 0 Å². The van der Waals surface area contributed by atoms with Crippen molar-refractivity contribution in [2.75, 3.05) is 26.2 Å². The molecule has 0 saturated carbocycles. The second kappa shape index (κ2) is 7.21. The fourth-order valence-electron chi connectivity index (χ4n) is 3.58. The van der Waals surface area contributed by atoms with E-state index in [-0.39, 0.29) is 11.5 Å². The van der Waals surface area contributed by atoms with Crippen LogP contribution in [-0.2, 0) is 10.2 Å². The van der Waals surface area contributed by atoms with Gasteiger partial charge in [-0.3, -0.25) is 0 Å². The fourth-order valence-corrected chi connectivity index (χ4v) is 5.36. The minimum absolute atomic E-state index is 0.126. The number of benzene rings is 1. The Morgan fingerprint density at radius 3 is 2.21 bits per heavy atom. The number of nitrogens with zero attached hydrogens (tertiary/aromatic N) is 2. The van der Waals surface area contributed by atoms with Crippen LogP contribution in [0.4, 0.5) is 0 Å². The lowest BCUT2D eigenvalue weighted by Gasteiger charge is -2.37. The zero-order chi connectivity index (χ0) is 17.2. The molecule has 2 aliphatic rings. The van der Waals surface area contributed by atoms with Gasteiger partial charge < -0.3 is 5.11 Å². The Labute approximate surface area is 143 Å². The van der Waals surface area contributed by atoms with Gasteiger partial charge in [0.25, 0.3) is 10.2 Å². The number of aromatic carboxylic acids is 1. The number of carbonyl (C=O) groups is 1. The van der Waals surface area contributed by atoms with Gasteiger partial charge in [0.2, 0.25) is 0 Å². The second-order valence-electron chi connectivity index (χ2n) is 6.59. The number of carboxylic acid groups (broad SMARTS) is 1. The molecule has 0 aromatic heterocycles. The van der Waals surface area contributed by atoms with Gasteiger partial charge in [0, 0.05) is 26.2 Å². The summed E-state index contributed by atoms with van der Waals surface area (Å²) in [5, 5.41) is 8.99. The molecule has 0 radical (unpaired) electrons. The van der Waals surface area contributed by atoms with Gasteiger partial charge >= 0.3 is 5.97 Å². The number of hydrogen-bond donors (Lipinski definition) is 1. The van der Waals surface area contributed by atoms with Crippen molar-refractivity contribution in [2.24, 2.45) is 0 Å². The first-order chi connectivity index (χ1) is 11.5. The maximum absolute atomic E-state index is 12.8. The van der Waals surface area contributed by atoms with E-state index in [2.05, 4.69) is 0 Å². The largest absolute Gasteiger partial charge is 0.478 e. The quantitative estimate of drug-likeness (QED) is 0.902. The number of hydrogen-bond acceptors (Lipinski definition) is 3. The van der Waals surface area contributed by atoms with Crippen molar-refractivity contribution in [3.8, 4) is 0 Å². The Balaban J connectivity index is 1.72. The number of rotatable bonds is 4. The Hall–Kier alpha value is -1.44. The van der Waals surface area contributed by atoms with E-state index in [4.69, 9.17) is 5.11 Å². The average molecular weight is 352 g/mol. The van der Waals surface area contributed by atoms with E-state index in [1.165, 1.54) is 0 Å². The lowest BCUT2D eigenvalue weighted by molar-refractivity contribution is 0.0697. The summed E-state index contributed by atoms with van der Waals surface area (Å²) >= 11 is 0. The molecule has 1 aromatic rings. The summed E-state index contributed by atoms with van der Waals surface area (Å²) in [5.41, 5.74) is 1.27. The molecule has 1 N–H and O–H groups in total. The van der Waals surface area contributed by atoms with Gasteiger partial charge in [-0.1, -0.05) is 18.6 Å². The molecular formula is C17H24N2O4S. The fraction of sp³-hybridized carbons (Fsp3) is 0.588. The summed E-state index contributed by atoms with van der Waals surface area (Å²) in [6, 6.07) is 6.81. The van der Waals surface area contributed by atoms with E-state index in [9.17, 15) is 13.2 Å². The SMILES string of the molecule is O=C(O)c1ccc([C@@H]2CCCN(S(=O)(=O)N3CCCCC3)C2)cc1. The zero-order valence-corrected chi connectivity index (χ0v) is 14.5. The van der Waals surface area contributed by atoms with E-state index in [0.717, 1.165) is 37.7 Å². The molecule has 24 heavy (non-hydrogen) atoms. The molecule has 132 valence electrons. The molecule has 2 heterocycles. The van der Waals surface area contributed by atoms with Crippen LogP contribution in [0.15, 0.2) is 24.3 Å². The minimum atomic E-state index is -3.38. The summed E-state index contributed by atoms with van der Waals surface area (Å²) in [7, 11) is -3.38. The van der Waals surface area contributed by atoms with Crippen LogP contribution < -0.4 is 0 Å². The molecule has 0 amide bonds. The van der Waals surface area contributed by atoms with Gasteiger partial charge in [0.1, 0.15) is 0 Å². The molecule has 6 nitrogen and oxygen atoms in total. The smallest absolute Gasteiger partial charge is 0.335 e. The third-order valence-electron chi connectivity index (χ3n) is 4.98. The third-order valence-corrected chi connectivity index (χ3v) is 6.98.